The molecule has 0 N–H and O–H groups in total. The zero-order valence-corrected chi connectivity index (χ0v) is 12.0. The molecule has 0 amide bonds. The van der Waals surface area contributed by atoms with Crippen LogP contribution >= 0.6 is 0 Å². The van der Waals surface area contributed by atoms with Gasteiger partial charge < -0.3 is 4.90 Å². The first-order valence-corrected chi connectivity index (χ1v) is 6.86. The molecule has 0 heterocycles. The summed E-state index contributed by atoms with van der Waals surface area (Å²) >= 11 is 0. The van der Waals surface area contributed by atoms with Crippen molar-refractivity contribution in [2.45, 2.75) is 53.4 Å². The van der Waals surface area contributed by atoms with E-state index in [9.17, 15) is 0 Å². The number of allylic oxidation sites excluding steroid dienone is 2. The number of rotatable bonds is 9. The number of hydrogen-bond acceptors (Lipinski definition) is 1. The van der Waals surface area contributed by atoms with Crippen molar-refractivity contribution >= 4 is 0 Å². The van der Waals surface area contributed by atoms with Gasteiger partial charge in [-0.25, -0.2) is 0 Å². The van der Waals surface area contributed by atoms with Gasteiger partial charge in [-0.2, -0.15) is 0 Å². The Hall–Kier alpha value is -0.300. The van der Waals surface area contributed by atoms with Crippen LogP contribution in [0.1, 0.15) is 53.4 Å². The molecule has 1 nitrogen and oxygen atoms in total. The molecule has 0 aromatic carbocycles. The maximum Gasteiger partial charge on any atom is 0.000133 e. The Morgan fingerprint density at radius 3 is 2.19 bits per heavy atom. The topological polar surface area (TPSA) is 3.24 Å². The molecule has 0 radical (unpaired) electrons. The van der Waals surface area contributed by atoms with Gasteiger partial charge in [-0.05, 0) is 51.1 Å². The first kappa shape index (κ1) is 15.7. The Kier molecular flexibility index (Phi) is 9.71. The van der Waals surface area contributed by atoms with E-state index in [-0.39, 0.29) is 0 Å². The van der Waals surface area contributed by atoms with E-state index >= 15 is 0 Å². The van der Waals surface area contributed by atoms with Gasteiger partial charge in [0.25, 0.3) is 0 Å². The largest absolute Gasteiger partial charge is 0.306 e. The summed E-state index contributed by atoms with van der Waals surface area (Å²) in [7, 11) is 2.23. The lowest BCUT2D eigenvalue weighted by Gasteiger charge is -2.18. The van der Waals surface area contributed by atoms with Crippen molar-refractivity contribution in [3.63, 3.8) is 0 Å². The molecule has 16 heavy (non-hydrogen) atoms. The van der Waals surface area contributed by atoms with Gasteiger partial charge in [0.05, 0.1) is 0 Å². The fourth-order valence-electron chi connectivity index (χ4n) is 1.84. The molecule has 0 aliphatic heterocycles. The molecule has 0 saturated carbocycles. The van der Waals surface area contributed by atoms with E-state index in [4.69, 9.17) is 0 Å². The highest BCUT2D eigenvalue weighted by atomic mass is 15.1. The monoisotopic (exact) mass is 225 g/mol. The van der Waals surface area contributed by atoms with Crippen LogP contribution in [0.15, 0.2) is 12.2 Å². The highest BCUT2D eigenvalue weighted by molar-refractivity contribution is 4.82. The van der Waals surface area contributed by atoms with Gasteiger partial charge >= 0.3 is 0 Å². The van der Waals surface area contributed by atoms with Crippen LogP contribution in [0, 0.1) is 11.8 Å². The molecular formula is C15H31N. The highest BCUT2D eigenvalue weighted by Gasteiger charge is 2.00. The Bertz CT molecular complexity index is 170. The summed E-state index contributed by atoms with van der Waals surface area (Å²) in [6.07, 6.45) is 9.83. The summed E-state index contributed by atoms with van der Waals surface area (Å²) in [5.74, 6) is 1.59. The molecule has 0 saturated heterocycles. The smallest absolute Gasteiger partial charge is 0.000133 e. The van der Waals surface area contributed by atoms with Crippen LogP contribution in [-0.4, -0.2) is 25.0 Å². The molecule has 96 valence electrons. The summed E-state index contributed by atoms with van der Waals surface area (Å²) in [6.45, 7) is 11.6. The van der Waals surface area contributed by atoms with Crippen LogP contribution in [0.5, 0.6) is 0 Å². The molecule has 0 aromatic rings. The number of hydrogen-bond donors (Lipinski definition) is 0. The van der Waals surface area contributed by atoms with Gasteiger partial charge in [-0.15, -0.1) is 0 Å². The van der Waals surface area contributed by atoms with E-state index in [0.717, 1.165) is 11.8 Å². The average molecular weight is 225 g/mol. The van der Waals surface area contributed by atoms with Crippen LogP contribution in [0.3, 0.4) is 0 Å². The standard InChI is InChI=1S/C15H31N/c1-14(2)11-9-7-6-8-10-12-16(5)13-15(3)4/h7,9,14-15H,6,8,10-13H2,1-5H3. The minimum atomic E-state index is 0.788. The maximum absolute atomic E-state index is 2.45. The number of nitrogens with zero attached hydrogens (tertiary/aromatic N) is 1. The quantitative estimate of drug-likeness (QED) is 0.416. The zero-order valence-electron chi connectivity index (χ0n) is 12.0. The van der Waals surface area contributed by atoms with Gasteiger partial charge in [0.1, 0.15) is 0 Å². The lowest BCUT2D eigenvalue weighted by Crippen LogP contribution is -2.24. The van der Waals surface area contributed by atoms with Crippen LogP contribution in [0.4, 0.5) is 0 Å². The van der Waals surface area contributed by atoms with Crippen molar-refractivity contribution < 1.29 is 0 Å². The minimum absolute atomic E-state index is 0.788. The van der Waals surface area contributed by atoms with E-state index < -0.39 is 0 Å². The summed E-state index contributed by atoms with van der Waals surface area (Å²) in [4.78, 5) is 2.45. The second-order valence-corrected chi connectivity index (χ2v) is 5.75. The normalized spacial score (nSPS) is 12.5. The molecule has 0 unspecified atom stereocenters. The Morgan fingerprint density at radius 2 is 1.62 bits per heavy atom. The van der Waals surface area contributed by atoms with Crippen LogP contribution < -0.4 is 0 Å². The molecule has 0 aliphatic rings. The highest BCUT2D eigenvalue weighted by Crippen LogP contribution is 2.04. The fourth-order valence-corrected chi connectivity index (χ4v) is 1.84. The van der Waals surface area contributed by atoms with Gasteiger partial charge in [0.2, 0.25) is 0 Å². The summed E-state index contributed by atoms with van der Waals surface area (Å²) in [6, 6.07) is 0. The van der Waals surface area contributed by atoms with Crippen molar-refractivity contribution in [1.82, 2.24) is 4.90 Å². The molecule has 0 atom stereocenters. The first-order valence-electron chi connectivity index (χ1n) is 6.86. The summed E-state index contributed by atoms with van der Waals surface area (Å²) in [5, 5.41) is 0. The van der Waals surface area contributed by atoms with Gasteiger partial charge in [-0.3, -0.25) is 0 Å². The molecule has 1 heteroatoms. The molecule has 0 fully saturated rings. The first-order chi connectivity index (χ1) is 7.52. The van der Waals surface area contributed by atoms with E-state index in [1.807, 2.05) is 0 Å². The minimum Gasteiger partial charge on any atom is -0.306 e. The third-order valence-electron chi connectivity index (χ3n) is 2.61. The van der Waals surface area contributed by atoms with Crippen molar-refractivity contribution in [1.29, 1.82) is 0 Å². The summed E-state index contributed by atoms with van der Waals surface area (Å²) in [5.41, 5.74) is 0. The lowest BCUT2D eigenvalue weighted by molar-refractivity contribution is 0.290. The molecule has 0 aliphatic carbocycles. The number of unbranched alkanes of at least 4 members (excludes halogenated alkanes) is 2. The van der Waals surface area contributed by atoms with Crippen molar-refractivity contribution in [2.24, 2.45) is 11.8 Å². The maximum atomic E-state index is 2.45. The van der Waals surface area contributed by atoms with Crippen LogP contribution in [0.2, 0.25) is 0 Å². The molecule has 0 bridgehead atoms. The third-order valence-corrected chi connectivity index (χ3v) is 2.61. The molecule has 0 aromatic heterocycles. The second kappa shape index (κ2) is 9.89. The second-order valence-electron chi connectivity index (χ2n) is 5.75. The molecule has 0 rings (SSSR count). The van der Waals surface area contributed by atoms with E-state index in [2.05, 4.69) is 51.8 Å². The predicted octanol–water partition coefficient (Wildman–Crippen LogP) is 4.35. The van der Waals surface area contributed by atoms with Crippen molar-refractivity contribution in [3.05, 3.63) is 12.2 Å². The molecular weight excluding hydrogens is 194 g/mol. The Labute approximate surface area is 103 Å². The zero-order chi connectivity index (χ0) is 12.4. The van der Waals surface area contributed by atoms with Crippen LogP contribution in [-0.2, 0) is 0 Å². The average Bonchev–Trinajstić information content (AvgIpc) is 2.14. The predicted molar refractivity (Wildman–Crippen MR) is 74.8 cm³/mol. The van der Waals surface area contributed by atoms with Crippen molar-refractivity contribution in [2.75, 3.05) is 20.1 Å². The van der Waals surface area contributed by atoms with Gasteiger partial charge in [-0.1, -0.05) is 39.8 Å². The lowest BCUT2D eigenvalue weighted by atomic mass is 10.1. The van der Waals surface area contributed by atoms with E-state index in [1.54, 1.807) is 0 Å². The fraction of sp³-hybridized carbons (Fsp3) is 0.867. The van der Waals surface area contributed by atoms with Crippen molar-refractivity contribution in [3.8, 4) is 0 Å². The Balaban J connectivity index is 3.29. The third kappa shape index (κ3) is 11.8. The molecule has 0 spiro atoms. The van der Waals surface area contributed by atoms with Gasteiger partial charge in [0.15, 0.2) is 0 Å². The SMILES string of the molecule is CC(C)CC=CCCCCN(C)CC(C)C. The Morgan fingerprint density at radius 1 is 0.938 bits per heavy atom. The van der Waals surface area contributed by atoms with E-state index in [1.165, 1.54) is 38.8 Å². The van der Waals surface area contributed by atoms with E-state index in [0.29, 0.717) is 0 Å². The van der Waals surface area contributed by atoms with Crippen LogP contribution in [0.25, 0.3) is 0 Å². The van der Waals surface area contributed by atoms with Gasteiger partial charge in [0, 0.05) is 6.54 Å². The summed E-state index contributed by atoms with van der Waals surface area (Å²) < 4.78 is 0.